The second-order valence-corrected chi connectivity index (χ2v) is 7.26. The number of amides is 1. The van der Waals surface area contributed by atoms with E-state index < -0.39 is 11.2 Å². The molecule has 1 aromatic rings. The largest absolute Gasteiger partial charge is 0.337 e. The van der Waals surface area contributed by atoms with E-state index in [-0.39, 0.29) is 12.5 Å². The van der Waals surface area contributed by atoms with Crippen LogP contribution in [-0.4, -0.2) is 41.0 Å². The molecule has 2 heterocycles. The number of carbonyl (C=O) groups excluding carboxylic acids is 1. The van der Waals surface area contributed by atoms with Crippen molar-refractivity contribution < 1.29 is 9.18 Å². The Morgan fingerprint density at radius 3 is 2.56 bits per heavy atom. The lowest BCUT2D eigenvalue weighted by atomic mass is 9.83. The maximum atomic E-state index is 15.1. The fourth-order valence-electron chi connectivity index (χ4n) is 3.88. The van der Waals surface area contributed by atoms with Gasteiger partial charge in [0.2, 0.25) is 5.91 Å². The molecule has 25 heavy (non-hydrogen) atoms. The van der Waals surface area contributed by atoms with E-state index in [1.807, 2.05) is 4.90 Å². The quantitative estimate of drug-likeness (QED) is 0.912. The molecule has 134 valence electrons. The van der Waals surface area contributed by atoms with Crippen LogP contribution >= 0.6 is 0 Å². The maximum absolute atomic E-state index is 15.1. The van der Waals surface area contributed by atoms with E-state index in [9.17, 15) is 10.1 Å². The SMILES string of the molecule is N#CC1(NC(=O)CN2CCC(F)(c3ccccn3)CC2)CCCCC1. The Morgan fingerprint density at radius 1 is 1.24 bits per heavy atom. The van der Waals surface area contributed by atoms with Gasteiger partial charge in [-0.15, -0.1) is 0 Å². The first kappa shape index (κ1) is 17.8. The van der Waals surface area contributed by atoms with Crippen molar-refractivity contribution in [2.75, 3.05) is 19.6 Å². The van der Waals surface area contributed by atoms with E-state index in [1.165, 1.54) is 0 Å². The Hall–Kier alpha value is -2.00. The van der Waals surface area contributed by atoms with Crippen LogP contribution in [0, 0.1) is 11.3 Å². The highest BCUT2D eigenvalue weighted by Gasteiger charge is 2.38. The summed E-state index contributed by atoms with van der Waals surface area (Å²) in [5.41, 5.74) is -1.64. The Labute approximate surface area is 148 Å². The number of nitriles is 1. The summed E-state index contributed by atoms with van der Waals surface area (Å²) in [5.74, 6) is -0.132. The lowest BCUT2D eigenvalue weighted by Crippen LogP contribution is -2.53. The van der Waals surface area contributed by atoms with E-state index in [2.05, 4.69) is 16.4 Å². The molecule has 0 atom stereocenters. The van der Waals surface area contributed by atoms with Crippen molar-refractivity contribution in [1.29, 1.82) is 5.26 Å². The van der Waals surface area contributed by atoms with E-state index in [1.54, 1.807) is 24.4 Å². The molecule has 0 aromatic carbocycles. The number of piperidine rings is 1. The van der Waals surface area contributed by atoms with E-state index >= 15 is 4.39 Å². The van der Waals surface area contributed by atoms with Gasteiger partial charge in [-0.2, -0.15) is 5.26 Å². The van der Waals surface area contributed by atoms with Crippen LogP contribution in [0.4, 0.5) is 4.39 Å². The molecule has 1 N–H and O–H groups in total. The molecule has 1 amide bonds. The van der Waals surface area contributed by atoms with Crippen LogP contribution in [0.25, 0.3) is 0 Å². The van der Waals surface area contributed by atoms with Gasteiger partial charge in [-0.1, -0.05) is 25.3 Å². The Kier molecular flexibility index (Phi) is 5.33. The normalized spacial score (nSPS) is 22.7. The molecule has 2 fully saturated rings. The number of likely N-dealkylation sites (tertiary alicyclic amines) is 1. The van der Waals surface area contributed by atoms with Crippen molar-refractivity contribution in [2.24, 2.45) is 0 Å². The highest BCUT2D eigenvalue weighted by atomic mass is 19.1. The summed E-state index contributed by atoms with van der Waals surface area (Å²) < 4.78 is 15.1. The van der Waals surface area contributed by atoms with Crippen LogP contribution < -0.4 is 5.32 Å². The molecule has 6 heteroatoms. The summed E-state index contributed by atoms with van der Waals surface area (Å²) in [6.07, 6.45) is 6.81. The fraction of sp³-hybridized carbons (Fsp3) is 0.632. The zero-order valence-electron chi connectivity index (χ0n) is 14.5. The third-order valence-corrected chi connectivity index (χ3v) is 5.44. The number of hydrogen-bond acceptors (Lipinski definition) is 4. The van der Waals surface area contributed by atoms with Crippen LogP contribution in [0.2, 0.25) is 0 Å². The minimum Gasteiger partial charge on any atom is -0.337 e. The van der Waals surface area contributed by atoms with Gasteiger partial charge in [0.25, 0.3) is 0 Å². The van der Waals surface area contributed by atoms with Crippen molar-refractivity contribution in [3.05, 3.63) is 30.1 Å². The van der Waals surface area contributed by atoms with Crippen molar-refractivity contribution >= 4 is 5.91 Å². The molecule has 0 unspecified atom stereocenters. The summed E-state index contributed by atoms with van der Waals surface area (Å²) in [4.78, 5) is 18.5. The van der Waals surface area contributed by atoms with Gasteiger partial charge >= 0.3 is 0 Å². The predicted molar refractivity (Wildman–Crippen MR) is 92.3 cm³/mol. The van der Waals surface area contributed by atoms with Gasteiger partial charge in [0.15, 0.2) is 5.67 Å². The van der Waals surface area contributed by atoms with Crippen molar-refractivity contribution in [2.45, 2.75) is 56.2 Å². The van der Waals surface area contributed by atoms with Crippen LogP contribution in [0.1, 0.15) is 50.6 Å². The van der Waals surface area contributed by atoms with E-state index in [0.717, 1.165) is 32.1 Å². The lowest BCUT2D eigenvalue weighted by Gasteiger charge is -2.37. The molecule has 0 spiro atoms. The number of aromatic nitrogens is 1. The molecule has 3 rings (SSSR count). The van der Waals surface area contributed by atoms with Gasteiger partial charge in [0.1, 0.15) is 5.54 Å². The van der Waals surface area contributed by atoms with Crippen molar-refractivity contribution in [3.63, 3.8) is 0 Å². The van der Waals surface area contributed by atoms with Gasteiger partial charge < -0.3 is 5.32 Å². The number of alkyl halides is 1. The zero-order chi connectivity index (χ0) is 17.8. The first-order chi connectivity index (χ1) is 12.1. The van der Waals surface area contributed by atoms with Gasteiger partial charge in [-0.05, 0) is 37.8 Å². The molecule has 1 aromatic heterocycles. The van der Waals surface area contributed by atoms with Crippen LogP contribution in [0.5, 0.6) is 0 Å². The Bertz CT molecular complexity index is 629. The molecule has 1 saturated carbocycles. The molecule has 0 bridgehead atoms. The Morgan fingerprint density at radius 2 is 1.96 bits per heavy atom. The summed E-state index contributed by atoms with van der Waals surface area (Å²) in [5, 5.41) is 12.4. The molecule has 1 aliphatic carbocycles. The Balaban J connectivity index is 1.52. The van der Waals surface area contributed by atoms with Crippen LogP contribution in [-0.2, 0) is 10.5 Å². The van der Waals surface area contributed by atoms with E-state index in [0.29, 0.717) is 31.6 Å². The molecule has 0 radical (unpaired) electrons. The molecule has 5 nitrogen and oxygen atoms in total. The van der Waals surface area contributed by atoms with Crippen molar-refractivity contribution in [3.8, 4) is 6.07 Å². The summed E-state index contributed by atoms with van der Waals surface area (Å²) in [6, 6.07) is 7.61. The number of nitrogens with zero attached hydrogens (tertiary/aromatic N) is 3. The highest BCUT2D eigenvalue weighted by Crippen LogP contribution is 2.35. The number of halogens is 1. The smallest absolute Gasteiger partial charge is 0.235 e. The third kappa shape index (κ3) is 4.16. The van der Waals surface area contributed by atoms with E-state index in [4.69, 9.17) is 0 Å². The number of pyridine rings is 1. The van der Waals surface area contributed by atoms with Gasteiger partial charge in [-0.3, -0.25) is 14.7 Å². The summed E-state index contributed by atoms with van der Waals surface area (Å²) in [7, 11) is 0. The number of hydrogen-bond donors (Lipinski definition) is 1. The minimum absolute atomic E-state index is 0.132. The number of nitrogens with one attached hydrogen (secondary N) is 1. The van der Waals surface area contributed by atoms with Gasteiger partial charge in [-0.25, -0.2) is 4.39 Å². The molecule has 1 aliphatic heterocycles. The second kappa shape index (κ2) is 7.49. The standard InChI is InChI=1S/C19H25FN4O/c20-19(16-6-2-5-11-22-16)9-12-24(13-10-19)14-17(25)23-18(15-21)7-3-1-4-8-18/h2,5-6,11H,1,3-4,7-10,12-14H2,(H,23,25). The first-order valence-electron chi connectivity index (χ1n) is 9.10. The summed E-state index contributed by atoms with van der Waals surface area (Å²) in [6.45, 7) is 1.25. The zero-order valence-corrected chi connectivity index (χ0v) is 14.5. The average molecular weight is 344 g/mol. The molecule has 1 saturated heterocycles. The topological polar surface area (TPSA) is 69.0 Å². The van der Waals surface area contributed by atoms with Crippen molar-refractivity contribution in [1.82, 2.24) is 15.2 Å². The second-order valence-electron chi connectivity index (χ2n) is 7.26. The maximum Gasteiger partial charge on any atom is 0.235 e. The minimum atomic E-state index is -1.41. The monoisotopic (exact) mass is 344 g/mol. The number of rotatable bonds is 4. The summed E-state index contributed by atoms with van der Waals surface area (Å²) >= 11 is 0. The van der Waals surface area contributed by atoms with Crippen LogP contribution in [0.3, 0.4) is 0 Å². The average Bonchev–Trinajstić information content (AvgIpc) is 2.65. The molecule has 2 aliphatic rings. The number of carbonyl (C=O) groups is 1. The van der Waals surface area contributed by atoms with Crippen LogP contribution in [0.15, 0.2) is 24.4 Å². The van der Waals surface area contributed by atoms with Gasteiger partial charge in [0, 0.05) is 19.3 Å². The lowest BCUT2D eigenvalue weighted by molar-refractivity contribution is -0.124. The van der Waals surface area contributed by atoms with Gasteiger partial charge in [0.05, 0.1) is 18.3 Å². The third-order valence-electron chi connectivity index (χ3n) is 5.44. The first-order valence-corrected chi connectivity index (χ1v) is 9.10. The molecular weight excluding hydrogens is 319 g/mol. The highest BCUT2D eigenvalue weighted by molar-refractivity contribution is 5.79. The fourth-order valence-corrected chi connectivity index (χ4v) is 3.88. The molecular formula is C19H25FN4O. The predicted octanol–water partition coefficient (Wildman–Crippen LogP) is 2.68.